The number of hydrogen-bond donors (Lipinski definition) is 0. The highest BCUT2D eigenvalue weighted by Gasteiger charge is 2.14. The van der Waals surface area contributed by atoms with Gasteiger partial charge in [-0.15, -0.1) is 11.3 Å². The van der Waals surface area contributed by atoms with E-state index in [0.29, 0.717) is 5.56 Å². The third-order valence-corrected chi connectivity index (χ3v) is 3.38. The number of aromatic nitrogens is 3. The fourth-order valence-electron chi connectivity index (χ4n) is 1.61. The van der Waals surface area contributed by atoms with Gasteiger partial charge in [-0.1, -0.05) is 18.2 Å². The van der Waals surface area contributed by atoms with Crippen LogP contribution in [0.1, 0.15) is 10.4 Å². The van der Waals surface area contributed by atoms with Crippen LogP contribution in [0.25, 0.3) is 4.96 Å². The second-order valence-electron chi connectivity index (χ2n) is 3.41. The van der Waals surface area contributed by atoms with Gasteiger partial charge >= 0.3 is 0 Å². The molecule has 0 fully saturated rings. The summed E-state index contributed by atoms with van der Waals surface area (Å²) < 4.78 is 3.35. The quantitative estimate of drug-likeness (QED) is 0.632. The molecule has 6 heteroatoms. The number of benzene rings is 1. The molecule has 0 aliphatic carbocycles. The molecule has 0 amide bonds. The van der Waals surface area contributed by atoms with E-state index in [4.69, 9.17) is 12.2 Å². The molecule has 17 heavy (non-hydrogen) atoms. The van der Waals surface area contributed by atoms with Gasteiger partial charge < -0.3 is 0 Å². The molecule has 0 atom stereocenters. The lowest BCUT2D eigenvalue weighted by molar-refractivity contribution is 0.0938. The molecule has 0 saturated heterocycles. The lowest BCUT2D eigenvalue weighted by Gasteiger charge is -2.02. The number of hydrogen-bond acceptors (Lipinski definition) is 4. The normalized spacial score (nSPS) is 10.8. The maximum Gasteiger partial charge on any atom is 0.279 e. The Bertz CT molecular complexity index is 739. The Morgan fingerprint density at radius 2 is 2.06 bits per heavy atom. The summed E-state index contributed by atoms with van der Waals surface area (Å²) in [4.78, 5) is 17.2. The largest absolute Gasteiger partial charge is 0.279 e. The monoisotopic (exact) mass is 261 g/mol. The third kappa shape index (κ3) is 1.62. The number of fused-ring (bicyclic) bond motifs is 1. The Kier molecular flexibility index (Phi) is 2.38. The highest BCUT2D eigenvalue weighted by Crippen LogP contribution is 2.12. The van der Waals surface area contributed by atoms with Crippen molar-refractivity contribution < 1.29 is 4.79 Å². The molecule has 2 aromatic heterocycles. The van der Waals surface area contributed by atoms with Crippen LogP contribution >= 0.6 is 23.6 Å². The maximum atomic E-state index is 12.3. The molecule has 0 aliphatic heterocycles. The molecule has 4 nitrogen and oxygen atoms in total. The van der Waals surface area contributed by atoms with Crippen molar-refractivity contribution in [3.8, 4) is 0 Å². The molecule has 0 radical (unpaired) electrons. The minimum absolute atomic E-state index is 0.165. The van der Waals surface area contributed by atoms with Crippen LogP contribution < -0.4 is 0 Å². The highest BCUT2D eigenvalue weighted by atomic mass is 32.1. The number of carbonyl (C=O) groups excluding carboxylic acids is 1. The summed E-state index contributed by atoms with van der Waals surface area (Å²) in [6, 6.07) is 9.03. The minimum atomic E-state index is -0.165. The second kappa shape index (κ2) is 3.90. The second-order valence-corrected chi connectivity index (χ2v) is 4.65. The van der Waals surface area contributed by atoms with Gasteiger partial charge in [0.2, 0.25) is 9.73 Å². The van der Waals surface area contributed by atoms with Crippen molar-refractivity contribution in [1.29, 1.82) is 0 Å². The molecular weight excluding hydrogens is 254 g/mol. The van der Waals surface area contributed by atoms with Gasteiger partial charge in [-0.2, -0.15) is 9.67 Å². The fraction of sp³-hybridized carbons (Fsp3) is 0. The first-order valence-corrected chi connectivity index (χ1v) is 6.21. The van der Waals surface area contributed by atoms with Crippen molar-refractivity contribution in [2.75, 3.05) is 0 Å². The van der Waals surface area contributed by atoms with Crippen molar-refractivity contribution in [3.63, 3.8) is 0 Å². The van der Waals surface area contributed by atoms with E-state index in [2.05, 4.69) is 4.98 Å². The van der Waals surface area contributed by atoms with Gasteiger partial charge in [0.15, 0.2) is 0 Å². The molecule has 1 aromatic carbocycles. The molecule has 2 heterocycles. The van der Waals surface area contributed by atoms with E-state index in [9.17, 15) is 4.79 Å². The Morgan fingerprint density at radius 3 is 2.82 bits per heavy atom. The summed E-state index contributed by atoms with van der Waals surface area (Å²) >= 11 is 6.55. The first-order valence-electron chi connectivity index (χ1n) is 4.92. The number of rotatable bonds is 1. The predicted octanol–water partition coefficient (Wildman–Crippen LogP) is 2.62. The molecule has 0 saturated carbocycles. The van der Waals surface area contributed by atoms with Gasteiger partial charge in [0.05, 0.1) is 0 Å². The van der Waals surface area contributed by atoms with Crippen LogP contribution in [0.5, 0.6) is 0 Å². The summed E-state index contributed by atoms with van der Waals surface area (Å²) in [5, 5.41) is 1.87. The molecule has 0 aliphatic rings. The van der Waals surface area contributed by atoms with Crippen molar-refractivity contribution in [3.05, 3.63) is 52.2 Å². The lowest BCUT2D eigenvalue weighted by atomic mass is 10.2. The Labute approximate surface area is 106 Å². The Hall–Kier alpha value is -1.79. The molecule has 3 rings (SSSR count). The van der Waals surface area contributed by atoms with Crippen LogP contribution in [-0.4, -0.2) is 20.1 Å². The van der Waals surface area contributed by atoms with Gasteiger partial charge in [0.25, 0.3) is 5.91 Å². The van der Waals surface area contributed by atoms with E-state index in [1.807, 2.05) is 23.6 Å². The van der Waals surface area contributed by atoms with Gasteiger partial charge in [-0.3, -0.25) is 4.79 Å². The van der Waals surface area contributed by atoms with Gasteiger partial charge in [-0.25, -0.2) is 4.52 Å². The molecule has 0 N–H and O–H groups in total. The zero-order valence-corrected chi connectivity index (χ0v) is 10.2. The van der Waals surface area contributed by atoms with Crippen LogP contribution in [0.2, 0.25) is 0 Å². The zero-order chi connectivity index (χ0) is 11.8. The molecular formula is C11H7N3OS2. The number of thiazole rings is 1. The average Bonchev–Trinajstić information content (AvgIpc) is 2.89. The summed E-state index contributed by atoms with van der Waals surface area (Å²) in [5.41, 5.74) is 0.594. The summed E-state index contributed by atoms with van der Waals surface area (Å²) in [7, 11) is 0. The van der Waals surface area contributed by atoms with Crippen LogP contribution in [0.15, 0.2) is 41.9 Å². The van der Waals surface area contributed by atoms with Crippen molar-refractivity contribution in [2.24, 2.45) is 0 Å². The number of nitrogens with zero attached hydrogens (tertiary/aromatic N) is 3. The van der Waals surface area contributed by atoms with Gasteiger partial charge in [0.1, 0.15) is 0 Å². The Balaban J connectivity index is 2.22. The van der Waals surface area contributed by atoms with Crippen molar-refractivity contribution in [1.82, 2.24) is 14.2 Å². The van der Waals surface area contributed by atoms with Crippen LogP contribution in [-0.2, 0) is 0 Å². The van der Waals surface area contributed by atoms with E-state index in [-0.39, 0.29) is 10.7 Å². The molecule has 0 bridgehead atoms. The van der Waals surface area contributed by atoms with Crippen molar-refractivity contribution >= 4 is 34.4 Å². The van der Waals surface area contributed by atoms with E-state index >= 15 is 0 Å². The van der Waals surface area contributed by atoms with E-state index < -0.39 is 0 Å². The molecule has 3 aromatic rings. The first kappa shape index (κ1) is 10.4. The van der Waals surface area contributed by atoms with E-state index in [1.165, 1.54) is 16.0 Å². The number of carbonyl (C=O) groups is 1. The topological polar surface area (TPSA) is 39.3 Å². The Morgan fingerprint density at radius 1 is 1.29 bits per heavy atom. The van der Waals surface area contributed by atoms with E-state index in [0.717, 1.165) is 4.96 Å². The zero-order valence-electron chi connectivity index (χ0n) is 8.61. The van der Waals surface area contributed by atoms with Crippen LogP contribution in [0, 0.1) is 4.77 Å². The molecule has 0 unspecified atom stereocenters. The van der Waals surface area contributed by atoms with Gasteiger partial charge in [-0.05, 0) is 24.4 Å². The highest BCUT2D eigenvalue weighted by molar-refractivity contribution is 7.71. The fourth-order valence-corrected chi connectivity index (χ4v) is 2.61. The standard InChI is InChI=1S/C11H7N3OS2/c15-9(8-4-2-1-3-5-8)14-10(16)12-11-13(14)6-7-17-11/h1-7H. The lowest BCUT2D eigenvalue weighted by Crippen LogP contribution is -2.16. The summed E-state index contributed by atoms with van der Waals surface area (Å²) in [6.45, 7) is 0. The van der Waals surface area contributed by atoms with E-state index in [1.54, 1.807) is 22.8 Å². The first-order chi connectivity index (χ1) is 8.27. The molecule has 0 spiro atoms. The van der Waals surface area contributed by atoms with Crippen LogP contribution in [0.3, 0.4) is 0 Å². The SMILES string of the molecule is O=C(c1ccccc1)n1c(=S)nc2sccn21. The van der Waals surface area contributed by atoms with Crippen LogP contribution in [0.4, 0.5) is 0 Å². The molecule has 84 valence electrons. The predicted molar refractivity (Wildman–Crippen MR) is 68.1 cm³/mol. The minimum Gasteiger partial charge on any atom is -0.267 e. The smallest absolute Gasteiger partial charge is 0.267 e. The van der Waals surface area contributed by atoms with Gasteiger partial charge in [0, 0.05) is 17.1 Å². The summed E-state index contributed by atoms with van der Waals surface area (Å²) in [6.07, 6.45) is 1.78. The van der Waals surface area contributed by atoms with Crippen molar-refractivity contribution in [2.45, 2.75) is 0 Å². The maximum absolute atomic E-state index is 12.3. The average molecular weight is 261 g/mol. The third-order valence-electron chi connectivity index (χ3n) is 2.37. The summed E-state index contributed by atoms with van der Waals surface area (Å²) in [5.74, 6) is -0.165.